The number of hydrogen-bond donors (Lipinski definition) is 0. The van der Waals surface area contributed by atoms with Gasteiger partial charge < -0.3 is 4.18 Å². The third kappa shape index (κ3) is 4.50. The van der Waals surface area contributed by atoms with E-state index < -0.39 is 15.0 Å². The zero-order valence-electron chi connectivity index (χ0n) is 9.41. The maximum absolute atomic E-state index is 11.6. The molecular formula is C10H12ClNO5S. The first kappa shape index (κ1) is 14.7. The molecule has 0 N–H and O–H groups in total. The average molecular weight is 294 g/mol. The summed E-state index contributed by atoms with van der Waals surface area (Å²) in [4.78, 5) is 9.99. The number of nitro groups is 1. The molecular weight excluding hydrogens is 282 g/mol. The number of nitro benzene ring substituents is 1. The average Bonchev–Trinajstić information content (AvgIpc) is 2.29. The predicted molar refractivity (Wildman–Crippen MR) is 67.5 cm³/mol. The molecule has 1 aromatic carbocycles. The summed E-state index contributed by atoms with van der Waals surface area (Å²) < 4.78 is 27.9. The minimum Gasteiger partial charge on any atom is -0.375 e. The maximum atomic E-state index is 11.6. The van der Waals surface area contributed by atoms with Crippen molar-refractivity contribution in [3.8, 4) is 5.75 Å². The highest BCUT2D eigenvalue weighted by atomic mass is 35.5. The van der Waals surface area contributed by atoms with Gasteiger partial charge in [0.15, 0.2) is 0 Å². The van der Waals surface area contributed by atoms with Crippen LogP contribution in [0.3, 0.4) is 0 Å². The van der Waals surface area contributed by atoms with E-state index in [1.165, 1.54) is 24.3 Å². The fourth-order valence-corrected chi connectivity index (χ4v) is 2.47. The number of benzene rings is 1. The number of para-hydroxylation sites is 2. The summed E-state index contributed by atoms with van der Waals surface area (Å²) in [7, 11) is -3.83. The second kappa shape index (κ2) is 6.55. The van der Waals surface area contributed by atoms with Gasteiger partial charge in [-0.3, -0.25) is 10.1 Å². The Morgan fingerprint density at radius 2 is 1.94 bits per heavy atom. The van der Waals surface area contributed by atoms with Gasteiger partial charge in [0.05, 0.1) is 10.7 Å². The highest BCUT2D eigenvalue weighted by Gasteiger charge is 2.20. The lowest BCUT2D eigenvalue weighted by Crippen LogP contribution is -2.14. The first-order valence-corrected chi connectivity index (χ1v) is 7.29. The molecule has 0 aliphatic rings. The van der Waals surface area contributed by atoms with Crippen molar-refractivity contribution in [3.63, 3.8) is 0 Å². The third-order valence-corrected chi connectivity index (χ3v) is 3.55. The van der Waals surface area contributed by atoms with E-state index in [0.717, 1.165) is 0 Å². The number of unbranched alkanes of at least 4 members (excludes halogenated alkanes) is 1. The summed E-state index contributed by atoms with van der Waals surface area (Å²) in [5.41, 5.74) is -0.376. The van der Waals surface area contributed by atoms with E-state index in [-0.39, 0.29) is 17.2 Å². The molecule has 1 aromatic rings. The highest BCUT2D eigenvalue weighted by Crippen LogP contribution is 2.27. The van der Waals surface area contributed by atoms with Gasteiger partial charge in [0, 0.05) is 11.9 Å². The van der Waals surface area contributed by atoms with Crippen molar-refractivity contribution >= 4 is 27.4 Å². The minimum atomic E-state index is -3.83. The van der Waals surface area contributed by atoms with Gasteiger partial charge in [-0.2, -0.15) is 8.42 Å². The van der Waals surface area contributed by atoms with E-state index in [4.69, 9.17) is 15.8 Å². The standard InChI is InChI=1S/C10H12ClNO5S/c11-7-3-4-8-18(15,16)17-10-6-2-1-5-9(10)12(13)14/h1-2,5-6H,3-4,7-8H2. The summed E-state index contributed by atoms with van der Waals surface area (Å²) in [5.74, 6) is -0.124. The van der Waals surface area contributed by atoms with Crippen LogP contribution in [-0.4, -0.2) is 25.0 Å². The second-order valence-electron chi connectivity index (χ2n) is 3.47. The molecule has 0 fully saturated rings. The molecule has 0 heterocycles. The van der Waals surface area contributed by atoms with Gasteiger partial charge in [-0.25, -0.2) is 0 Å². The predicted octanol–water partition coefficient (Wildman–Crippen LogP) is 2.32. The van der Waals surface area contributed by atoms with Gasteiger partial charge >= 0.3 is 15.8 Å². The summed E-state index contributed by atoms with van der Waals surface area (Å²) in [5, 5.41) is 10.7. The minimum absolute atomic E-state index is 0.216. The fraction of sp³-hybridized carbons (Fsp3) is 0.400. The number of halogens is 1. The number of nitrogens with zero attached hydrogens (tertiary/aromatic N) is 1. The summed E-state index contributed by atoms with van der Waals surface area (Å²) in [6, 6.07) is 5.34. The molecule has 0 spiro atoms. The summed E-state index contributed by atoms with van der Waals surface area (Å²) in [6.45, 7) is 0. The van der Waals surface area contributed by atoms with E-state index >= 15 is 0 Å². The molecule has 8 heteroatoms. The molecule has 0 atom stereocenters. The van der Waals surface area contributed by atoms with Crippen LogP contribution in [0, 0.1) is 10.1 Å². The zero-order valence-corrected chi connectivity index (χ0v) is 11.0. The fourth-order valence-electron chi connectivity index (χ4n) is 1.23. The van der Waals surface area contributed by atoms with Crippen LogP contribution in [0.25, 0.3) is 0 Å². The van der Waals surface area contributed by atoms with E-state index in [9.17, 15) is 18.5 Å². The van der Waals surface area contributed by atoms with Gasteiger partial charge in [0.25, 0.3) is 0 Å². The number of rotatable bonds is 7. The maximum Gasteiger partial charge on any atom is 0.312 e. The van der Waals surface area contributed by atoms with Crippen LogP contribution in [-0.2, 0) is 10.1 Å². The number of alkyl halides is 1. The molecule has 0 aromatic heterocycles. The van der Waals surface area contributed by atoms with Crippen molar-refractivity contribution in [2.45, 2.75) is 12.8 Å². The molecule has 0 amide bonds. The van der Waals surface area contributed by atoms with Crippen molar-refractivity contribution in [3.05, 3.63) is 34.4 Å². The van der Waals surface area contributed by atoms with Crippen molar-refractivity contribution in [2.75, 3.05) is 11.6 Å². The quantitative estimate of drug-likeness (QED) is 0.253. The molecule has 6 nitrogen and oxygen atoms in total. The van der Waals surface area contributed by atoms with Crippen molar-refractivity contribution in [1.82, 2.24) is 0 Å². The Morgan fingerprint density at radius 3 is 2.56 bits per heavy atom. The molecule has 0 saturated heterocycles. The van der Waals surface area contributed by atoms with Crippen LogP contribution in [0.2, 0.25) is 0 Å². The van der Waals surface area contributed by atoms with Crippen LogP contribution in [0.5, 0.6) is 5.75 Å². The molecule has 0 saturated carbocycles. The van der Waals surface area contributed by atoms with Gasteiger partial charge in [0.1, 0.15) is 0 Å². The van der Waals surface area contributed by atoms with E-state index in [2.05, 4.69) is 0 Å². The van der Waals surface area contributed by atoms with Gasteiger partial charge in [-0.15, -0.1) is 11.6 Å². The van der Waals surface area contributed by atoms with E-state index in [0.29, 0.717) is 18.7 Å². The van der Waals surface area contributed by atoms with Crippen LogP contribution in [0.4, 0.5) is 5.69 Å². The monoisotopic (exact) mass is 293 g/mol. The highest BCUT2D eigenvalue weighted by molar-refractivity contribution is 7.87. The molecule has 0 unspecified atom stereocenters. The van der Waals surface area contributed by atoms with Gasteiger partial charge in [-0.1, -0.05) is 12.1 Å². The molecule has 0 bridgehead atoms. The lowest BCUT2D eigenvalue weighted by molar-refractivity contribution is -0.385. The van der Waals surface area contributed by atoms with Crippen molar-refractivity contribution in [2.24, 2.45) is 0 Å². The summed E-state index contributed by atoms with van der Waals surface area (Å²) >= 11 is 5.43. The van der Waals surface area contributed by atoms with Crippen LogP contribution in [0.1, 0.15) is 12.8 Å². The first-order valence-electron chi connectivity index (χ1n) is 5.18. The zero-order chi connectivity index (χ0) is 13.6. The first-order chi connectivity index (χ1) is 8.46. The number of hydrogen-bond acceptors (Lipinski definition) is 5. The Hall–Kier alpha value is -1.34. The molecule has 1 rings (SSSR count). The molecule has 100 valence electrons. The molecule has 0 aliphatic heterocycles. The Kier molecular flexibility index (Phi) is 5.36. The topological polar surface area (TPSA) is 86.5 Å². The Morgan fingerprint density at radius 1 is 1.28 bits per heavy atom. The van der Waals surface area contributed by atoms with Crippen molar-refractivity contribution < 1.29 is 17.5 Å². The van der Waals surface area contributed by atoms with Crippen LogP contribution < -0.4 is 4.18 Å². The van der Waals surface area contributed by atoms with E-state index in [1.807, 2.05) is 0 Å². The van der Waals surface area contributed by atoms with Crippen LogP contribution in [0.15, 0.2) is 24.3 Å². The third-order valence-electron chi connectivity index (χ3n) is 2.06. The smallest absolute Gasteiger partial charge is 0.312 e. The Balaban J connectivity index is 2.81. The Labute approximate surface area is 110 Å². The molecule has 0 radical (unpaired) electrons. The van der Waals surface area contributed by atoms with Crippen LogP contribution >= 0.6 is 11.6 Å². The summed E-state index contributed by atoms with van der Waals surface area (Å²) in [6.07, 6.45) is 0.896. The Bertz CT molecular complexity index is 517. The van der Waals surface area contributed by atoms with Gasteiger partial charge in [-0.05, 0) is 18.9 Å². The van der Waals surface area contributed by atoms with Gasteiger partial charge in [0.2, 0.25) is 5.75 Å². The largest absolute Gasteiger partial charge is 0.375 e. The second-order valence-corrected chi connectivity index (χ2v) is 5.53. The van der Waals surface area contributed by atoms with E-state index in [1.54, 1.807) is 0 Å². The SMILES string of the molecule is O=[N+]([O-])c1ccccc1OS(=O)(=O)CCCCCl. The normalized spacial score (nSPS) is 11.2. The lowest BCUT2D eigenvalue weighted by atomic mass is 10.3. The lowest BCUT2D eigenvalue weighted by Gasteiger charge is -2.06. The molecule has 18 heavy (non-hydrogen) atoms. The van der Waals surface area contributed by atoms with Crippen molar-refractivity contribution in [1.29, 1.82) is 0 Å². The molecule has 0 aliphatic carbocycles.